The highest BCUT2D eigenvalue weighted by Gasteiger charge is 2.53. The topological polar surface area (TPSA) is 145 Å². The second-order valence-electron chi connectivity index (χ2n) is 12.3. The minimum absolute atomic E-state index is 0.0492. The number of likely N-dealkylation sites (tertiary alicyclic amines) is 1. The lowest BCUT2D eigenvalue weighted by Gasteiger charge is -2.46. The lowest BCUT2D eigenvalue weighted by atomic mass is 9.58. The summed E-state index contributed by atoms with van der Waals surface area (Å²) in [6.45, 7) is 4.35. The molecule has 1 aromatic heterocycles. The van der Waals surface area contributed by atoms with Crippen LogP contribution in [0.4, 0.5) is 0 Å². The molecule has 0 bridgehead atoms. The largest absolute Gasteiger partial charge is 0.490 e. The molecule has 3 atom stereocenters. The average molecular weight is 657 g/mol. The number of ether oxygens (including phenoxy) is 2. The molecule has 1 fully saturated rings. The fraction of sp³-hybridized carbons (Fsp3) is 0.333. The Morgan fingerprint density at radius 2 is 1.91 bits per heavy atom. The number of aliphatic carboxylic acids is 1. The predicted molar refractivity (Wildman–Crippen MR) is 177 cm³/mol. The molecule has 2 heterocycles. The first-order valence-electron chi connectivity index (χ1n) is 15.2. The SMILES string of the molecule is CNC(=O)C1(COc2cc(OCc3cncc(C#N)c3)c(CN3C[C@@H](O)C[C@H]3C(=O)O)cc2Cl)C=CC=C(c2ccccc2)C1(C)C. The number of carbonyl (C=O) groups excluding carboxylic acids is 1. The van der Waals surface area contributed by atoms with Crippen molar-refractivity contribution in [2.45, 2.75) is 45.6 Å². The van der Waals surface area contributed by atoms with Crippen LogP contribution in [0.2, 0.25) is 5.02 Å². The van der Waals surface area contributed by atoms with Crippen LogP contribution in [0.3, 0.4) is 0 Å². The van der Waals surface area contributed by atoms with Gasteiger partial charge in [-0.05, 0) is 23.3 Å². The average Bonchev–Trinajstić information content (AvgIpc) is 3.44. The zero-order valence-corrected chi connectivity index (χ0v) is 27.2. The molecule has 1 saturated heterocycles. The molecule has 3 aromatic rings. The van der Waals surface area contributed by atoms with E-state index < -0.39 is 28.9 Å². The van der Waals surface area contributed by atoms with E-state index in [4.69, 9.17) is 21.1 Å². The molecule has 0 spiro atoms. The van der Waals surface area contributed by atoms with Crippen molar-refractivity contribution in [1.29, 1.82) is 5.26 Å². The Hall–Kier alpha value is -4.69. The van der Waals surface area contributed by atoms with Crippen molar-refractivity contribution >= 4 is 29.1 Å². The fourth-order valence-electron chi connectivity index (χ4n) is 6.37. The fourth-order valence-corrected chi connectivity index (χ4v) is 6.61. The molecule has 1 aliphatic heterocycles. The van der Waals surface area contributed by atoms with Crippen LogP contribution >= 0.6 is 11.6 Å². The summed E-state index contributed by atoms with van der Waals surface area (Å²) in [5, 5.41) is 32.4. The second-order valence-corrected chi connectivity index (χ2v) is 12.7. The number of carboxylic acid groups (broad SMARTS) is 1. The number of β-amino-alcohol motifs (C(OH)–C–C–N with tert-alkyl or cyclic N) is 1. The molecular formula is C36H37ClN4O6. The zero-order chi connectivity index (χ0) is 33.8. The second kappa shape index (κ2) is 14.0. The Kier molecular flexibility index (Phi) is 10.0. The molecule has 5 rings (SSSR count). The summed E-state index contributed by atoms with van der Waals surface area (Å²) in [6.07, 6.45) is 8.12. The van der Waals surface area contributed by atoms with Gasteiger partial charge in [-0.1, -0.05) is 74.0 Å². The van der Waals surface area contributed by atoms with Crippen molar-refractivity contribution in [1.82, 2.24) is 15.2 Å². The smallest absolute Gasteiger partial charge is 0.321 e. The quantitative estimate of drug-likeness (QED) is 0.260. The normalized spacial score (nSPS) is 21.8. The number of aromatic nitrogens is 1. The first-order chi connectivity index (χ1) is 22.5. The molecule has 47 heavy (non-hydrogen) atoms. The van der Waals surface area contributed by atoms with Gasteiger partial charge in [0.1, 0.15) is 42.2 Å². The highest BCUT2D eigenvalue weighted by atomic mass is 35.5. The van der Waals surface area contributed by atoms with Crippen LogP contribution in [0.15, 0.2) is 79.2 Å². The molecule has 1 amide bonds. The molecule has 11 heteroatoms. The third-order valence-corrected chi connectivity index (χ3v) is 9.37. The van der Waals surface area contributed by atoms with Crippen molar-refractivity contribution < 1.29 is 29.3 Å². The Balaban J connectivity index is 1.48. The number of halogens is 1. The number of benzene rings is 2. The predicted octanol–water partition coefficient (Wildman–Crippen LogP) is 5.00. The Morgan fingerprint density at radius 3 is 2.62 bits per heavy atom. The minimum atomic E-state index is -1.12. The van der Waals surface area contributed by atoms with Crippen molar-refractivity contribution in [2.75, 3.05) is 20.2 Å². The Bertz CT molecular complexity index is 1750. The Labute approximate surface area is 278 Å². The van der Waals surface area contributed by atoms with E-state index in [0.717, 1.165) is 11.1 Å². The van der Waals surface area contributed by atoms with E-state index in [1.165, 1.54) is 6.20 Å². The van der Waals surface area contributed by atoms with Crippen LogP contribution in [0.1, 0.15) is 42.5 Å². The number of hydrogen-bond acceptors (Lipinski definition) is 8. The standard InChI is InChI=1S/C36H37ClN4O6/c1-35(2)28(25-8-5-4-6-9-25)10-7-11-36(35,34(45)39-3)22-47-32-15-31(46-21-24-12-23(16-38)17-40-18-24)26(13-29(32)37)19-41-20-27(42)14-30(41)33(43)44/h4-13,15,17-18,27,30,42H,14,19-22H2,1-3H3,(H,39,45)(H,43,44)/t27-,30-,36?/m0/s1. The van der Waals surface area contributed by atoms with Gasteiger partial charge in [0.05, 0.1) is 16.7 Å². The van der Waals surface area contributed by atoms with Gasteiger partial charge in [-0.3, -0.25) is 19.5 Å². The first kappa shape index (κ1) is 33.7. The number of pyridine rings is 1. The van der Waals surface area contributed by atoms with Crippen molar-refractivity contribution in [2.24, 2.45) is 10.8 Å². The van der Waals surface area contributed by atoms with E-state index >= 15 is 0 Å². The molecule has 3 N–H and O–H groups in total. The number of carbonyl (C=O) groups is 2. The minimum Gasteiger partial charge on any atom is -0.490 e. The summed E-state index contributed by atoms with van der Waals surface area (Å²) in [5.41, 5.74) is 1.78. The lowest BCUT2D eigenvalue weighted by molar-refractivity contribution is -0.142. The zero-order valence-electron chi connectivity index (χ0n) is 26.4. The molecule has 1 unspecified atom stereocenters. The molecular weight excluding hydrogens is 620 g/mol. The first-order valence-corrected chi connectivity index (χ1v) is 15.6. The van der Waals surface area contributed by atoms with Gasteiger partial charge in [0.15, 0.2) is 0 Å². The van der Waals surface area contributed by atoms with Crippen molar-refractivity contribution in [3.05, 3.63) is 106 Å². The number of nitriles is 1. The summed E-state index contributed by atoms with van der Waals surface area (Å²) in [6, 6.07) is 16.0. The number of carboxylic acids is 1. The number of hydrogen-bond donors (Lipinski definition) is 3. The molecule has 2 aliphatic rings. The van der Waals surface area contributed by atoms with E-state index in [0.29, 0.717) is 22.4 Å². The van der Waals surface area contributed by atoms with Gasteiger partial charge < -0.3 is 25.0 Å². The van der Waals surface area contributed by atoms with E-state index in [9.17, 15) is 25.1 Å². The molecule has 244 valence electrons. The monoisotopic (exact) mass is 656 g/mol. The number of rotatable bonds is 11. The van der Waals surface area contributed by atoms with Crippen LogP contribution in [0.25, 0.3) is 5.57 Å². The molecule has 0 radical (unpaired) electrons. The van der Waals surface area contributed by atoms with Crippen LogP contribution in [-0.2, 0) is 22.7 Å². The van der Waals surface area contributed by atoms with Gasteiger partial charge in [-0.25, -0.2) is 0 Å². The number of amides is 1. The summed E-state index contributed by atoms with van der Waals surface area (Å²) in [5.74, 6) is -0.605. The molecule has 2 aromatic carbocycles. The van der Waals surface area contributed by atoms with Crippen molar-refractivity contribution in [3.8, 4) is 17.6 Å². The summed E-state index contributed by atoms with van der Waals surface area (Å²) in [7, 11) is 1.60. The number of allylic oxidation sites excluding steroid dienone is 3. The third kappa shape index (κ3) is 6.88. The third-order valence-electron chi connectivity index (χ3n) is 9.08. The van der Waals surface area contributed by atoms with Crippen molar-refractivity contribution in [3.63, 3.8) is 0 Å². The van der Waals surface area contributed by atoms with Crippen LogP contribution in [0, 0.1) is 22.2 Å². The van der Waals surface area contributed by atoms with E-state index in [1.54, 1.807) is 36.3 Å². The molecule has 1 aliphatic carbocycles. The number of aliphatic hydroxyl groups is 1. The maximum Gasteiger partial charge on any atom is 0.321 e. The van der Waals surface area contributed by atoms with Crippen LogP contribution in [-0.4, -0.2) is 64.3 Å². The van der Waals surface area contributed by atoms with Gasteiger partial charge in [0, 0.05) is 61.6 Å². The summed E-state index contributed by atoms with van der Waals surface area (Å²) in [4.78, 5) is 31.4. The number of nitrogens with zero attached hydrogens (tertiary/aromatic N) is 3. The van der Waals surface area contributed by atoms with E-state index in [-0.39, 0.29) is 49.4 Å². The van der Waals surface area contributed by atoms with Gasteiger partial charge in [0.25, 0.3) is 0 Å². The van der Waals surface area contributed by atoms with Gasteiger partial charge in [-0.15, -0.1) is 0 Å². The lowest BCUT2D eigenvalue weighted by Crippen LogP contribution is -2.53. The summed E-state index contributed by atoms with van der Waals surface area (Å²) >= 11 is 6.80. The molecule has 10 nitrogen and oxygen atoms in total. The highest BCUT2D eigenvalue weighted by Crippen LogP contribution is 2.52. The maximum absolute atomic E-state index is 13.7. The van der Waals surface area contributed by atoms with Crippen LogP contribution in [0.5, 0.6) is 11.5 Å². The maximum atomic E-state index is 13.7. The van der Waals surface area contributed by atoms with Crippen LogP contribution < -0.4 is 14.8 Å². The van der Waals surface area contributed by atoms with Gasteiger partial charge in [-0.2, -0.15) is 5.26 Å². The highest BCUT2D eigenvalue weighted by molar-refractivity contribution is 6.32. The Morgan fingerprint density at radius 1 is 1.15 bits per heavy atom. The number of nitrogens with one attached hydrogen (secondary N) is 1. The van der Waals surface area contributed by atoms with E-state index in [1.807, 2.05) is 62.4 Å². The number of aliphatic hydroxyl groups excluding tert-OH is 1. The van der Waals surface area contributed by atoms with E-state index in [2.05, 4.69) is 16.4 Å². The summed E-state index contributed by atoms with van der Waals surface area (Å²) < 4.78 is 12.6. The molecule has 0 saturated carbocycles. The van der Waals surface area contributed by atoms with Gasteiger partial charge in [0.2, 0.25) is 5.91 Å². The van der Waals surface area contributed by atoms with Gasteiger partial charge >= 0.3 is 5.97 Å².